The van der Waals surface area contributed by atoms with Crippen LogP contribution >= 0.6 is 0 Å². The first-order valence-electron chi connectivity index (χ1n) is 3.87. The Labute approximate surface area is 137 Å². The Kier molecular flexibility index (Phi) is 15.1. The summed E-state index contributed by atoms with van der Waals surface area (Å²) in [5.41, 5.74) is 0. The Morgan fingerprint density at radius 1 is 1.25 bits per heavy atom. The Bertz CT molecular complexity index is 225. The van der Waals surface area contributed by atoms with E-state index in [1.807, 2.05) is 5.32 Å². The SMILES string of the molecule is CC(O)C(O)N[C@@H](CC(=O)[O-])C(=O)[O-].[Na+].[Na+]. The van der Waals surface area contributed by atoms with Crippen LogP contribution in [0.3, 0.4) is 0 Å². The van der Waals surface area contributed by atoms with E-state index in [4.69, 9.17) is 10.2 Å². The smallest absolute Gasteiger partial charge is 0.550 e. The fourth-order valence-electron chi connectivity index (χ4n) is 0.722. The number of carbonyl (C=O) groups is 2. The largest absolute Gasteiger partial charge is 1.00 e. The van der Waals surface area contributed by atoms with E-state index in [2.05, 4.69) is 0 Å². The van der Waals surface area contributed by atoms with Gasteiger partial charge in [0.1, 0.15) is 6.23 Å². The molecule has 9 heteroatoms. The molecule has 3 atom stereocenters. The summed E-state index contributed by atoms with van der Waals surface area (Å²) in [5, 5.41) is 40.2. The number of hydrogen-bond donors (Lipinski definition) is 3. The molecule has 0 rings (SSSR count). The van der Waals surface area contributed by atoms with Crippen LogP contribution in [0.5, 0.6) is 0 Å². The van der Waals surface area contributed by atoms with Crippen molar-refractivity contribution in [1.82, 2.24) is 5.32 Å². The van der Waals surface area contributed by atoms with E-state index < -0.39 is 36.7 Å². The summed E-state index contributed by atoms with van der Waals surface area (Å²) in [6.07, 6.45) is -3.59. The molecule has 0 fully saturated rings. The van der Waals surface area contributed by atoms with Gasteiger partial charge in [-0.1, -0.05) is 0 Å². The third kappa shape index (κ3) is 10.0. The van der Waals surface area contributed by atoms with Crippen molar-refractivity contribution in [2.45, 2.75) is 31.7 Å². The molecule has 0 amide bonds. The van der Waals surface area contributed by atoms with Gasteiger partial charge in [0.05, 0.1) is 18.1 Å². The summed E-state index contributed by atoms with van der Waals surface area (Å²) >= 11 is 0. The van der Waals surface area contributed by atoms with Crippen LogP contribution in [0.2, 0.25) is 0 Å². The van der Waals surface area contributed by atoms with Crippen LogP contribution in [-0.2, 0) is 9.59 Å². The molecule has 2 unspecified atom stereocenters. The first-order chi connectivity index (χ1) is 6.34. The van der Waals surface area contributed by atoms with Crippen LogP contribution in [0.4, 0.5) is 0 Å². The summed E-state index contributed by atoms with van der Waals surface area (Å²) in [5.74, 6) is -3.28. The fraction of sp³-hybridized carbons (Fsp3) is 0.714. The van der Waals surface area contributed by atoms with Gasteiger partial charge in [-0.05, 0) is 6.92 Å². The normalized spacial score (nSPS) is 14.9. The molecule has 0 aromatic rings. The number of nitrogens with one attached hydrogen (secondary N) is 1. The molecular weight excluding hydrogens is 240 g/mol. The number of hydrogen-bond acceptors (Lipinski definition) is 7. The molecule has 3 N–H and O–H groups in total. The number of aliphatic hydroxyl groups is 2. The molecule has 0 heterocycles. The Morgan fingerprint density at radius 2 is 1.69 bits per heavy atom. The van der Waals surface area contributed by atoms with E-state index >= 15 is 0 Å². The minimum absolute atomic E-state index is 0. The summed E-state index contributed by atoms with van der Waals surface area (Å²) in [7, 11) is 0. The fourth-order valence-corrected chi connectivity index (χ4v) is 0.722. The van der Waals surface area contributed by atoms with Gasteiger partial charge in [-0.25, -0.2) is 0 Å². The van der Waals surface area contributed by atoms with E-state index in [0.717, 1.165) is 0 Å². The van der Waals surface area contributed by atoms with Crippen LogP contribution in [0.1, 0.15) is 13.3 Å². The maximum atomic E-state index is 10.3. The average molecular weight is 251 g/mol. The monoisotopic (exact) mass is 251 g/mol. The standard InChI is InChI=1S/C7H13NO6.2Na/c1-3(9)6(12)8-4(7(13)14)2-5(10)11;;/h3-4,6,8-9,12H,2H2,1H3,(H,10,11)(H,13,14);;/q;2*+1/p-2/t3?,4-,6?;;/m0../s1. The average Bonchev–Trinajstić information content (AvgIpc) is 2.01. The molecular formula is C7H11NNa2O6. The molecule has 0 spiro atoms. The summed E-state index contributed by atoms with van der Waals surface area (Å²) < 4.78 is 0. The Balaban J connectivity index is -0.000000845. The summed E-state index contributed by atoms with van der Waals surface area (Å²) in [4.78, 5) is 20.4. The predicted molar refractivity (Wildman–Crippen MR) is 39.2 cm³/mol. The molecule has 0 aliphatic rings. The molecule has 0 radical (unpaired) electrons. The van der Waals surface area contributed by atoms with Gasteiger partial charge in [0.25, 0.3) is 0 Å². The zero-order chi connectivity index (χ0) is 11.3. The quantitative estimate of drug-likeness (QED) is 0.315. The second-order valence-electron chi connectivity index (χ2n) is 2.80. The second-order valence-corrected chi connectivity index (χ2v) is 2.80. The predicted octanol–water partition coefficient (Wildman–Crippen LogP) is -10.5. The van der Waals surface area contributed by atoms with Gasteiger partial charge < -0.3 is 30.0 Å². The van der Waals surface area contributed by atoms with Gasteiger partial charge in [-0.3, -0.25) is 5.32 Å². The second kappa shape index (κ2) is 10.9. The summed E-state index contributed by atoms with van der Waals surface area (Å²) in [6.45, 7) is 1.21. The third-order valence-electron chi connectivity index (χ3n) is 1.48. The third-order valence-corrected chi connectivity index (χ3v) is 1.48. The molecule has 0 bridgehead atoms. The van der Waals surface area contributed by atoms with Crippen LogP contribution in [0.25, 0.3) is 0 Å². The molecule has 0 aliphatic heterocycles. The van der Waals surface area contributed by atoms with E-state index in [-0.39, 0.29) is 59.1 Å². The molecule has 0 aromatic heterocycles. The van der Waals surface area contributed by atoms with E-state index in [9.17, 15) is 19.8 Å². The Hall–Kier alpha value is 0.820. The zero-order valence-electron chi connectivity index (χ0n) is 9.47. The van der Waals surface area contributed by atoms with Gasteiger partial charge in [0.2, 0.25) is 0 Å². The van der Waals surface area contributed by atoms with Crippen molar-refractivity contribution in [3.05, 3.63) is 0 Å². The van der Waals surface area contributed by atoms with Crippen molar-refractivity contribution in [3.8, 4) is 0 Å². The van der Waals surface area contributed by atoms with Crippen molar-refractivity contribution < 1.29 is 89.1 Å². The van der Waals surface area contributed by atoms with Gasteiger partial charge in [0.15, 0.2) is 0 Å². The number of rotatable bonds is 6. The van der Waals surface area contributed by atoms with Crippen LogP contribution < -0.4 is 74.6 Å². The minimum atomic E-state index is -1.69. The Morgan fingerprint density at radius 3 is 1.94 bits per heavy atom. The number of carbonyl (C=O) groups excluding carboxylic acids is 2. The van der Waals surface area contributed by atoms with E-state index in [1.165, 1.54) is 6.92 Å². The van der Waals surface area contributed by atoms with Crippen molar-refractivity contribution >= 4 is 11.9 Å². The zero-order valence-corrected chi connectivity index (χ0v) is 13.5. The molecule has 0 aliphatic carbocycles. The van der Waals surface area contributed by atoms with E-state index in [1.54, 1.807) is 0 Å². The first-order valence-corrected chi connectivity index (χ1v) is 3.87. The van der Waals surface area contributed by atoms with Crippen molar-refractivity contribution in [2.75, 3.05) is 0 Å². The first kappa shape index (κ1) is 22.0. The molecule has 0 saturated heterocycles. The van der Waals surface area contributed by atoms with Crippen LogP contribution in [-0.4, -0.2) is 40.5 Å². The molecule has 0 aromatic carbocycles. The topological polar surface area (TPSA) is 133 Å². The molecule has 16 heavy (non-hydrogen) atoms. The van der Waals surface area contributed by atoms with Gasteiger partial charge in [0, 0.05) is 12.4 Å². The number of aliphatic hydroxyl groups excluding tert-OH is 2. The van der Waals surface area contributed by atoms with Gasteiger partial charge in [-0.15, -0.1) is 0 Å². The molecule has 0 saturated carbocycles. The maximum Gasteiger partial charge on any atom is 1.00 e. The molecule has 7 nitrogen and oxygen atoms in total. The van der Waals surface area contributed by atoms with Crippen molar-refractivity contribution in [2.24, 2.45) is 0 Å². The van der Waals surface area contributed by atoms with Gasteiger partial charge >= 0.3 is 59.1 Å². The van der Waals surface area contributed by atoms with Gasteiger partial charge in [-0.2, -0.15) is 0 Å². The van der Waals surface area contributed by atoms with E-state index in [0.29, 0.717) is 0 Å². The van der Waals surface area contributed by atoms with Crippen LogP contribution in [0.15, 0.2) is 0 Å². The number of carboxylic acids is 2. The summed E-state index contributed by atoms with van der Waals surface area (Å²) in [6, 6.07) is -1.59. The maximum absolute atomic E-state index is 10.3. The number of carboxylic acid groups (broad SMARTS) is 2. The van der Waals surface area contributed by atoms with Crippen LogP contribution in [0, 0.1) is 0 Å². The van der Waals surface area contributed by atoms with Crippen molar-refractivity contribution in [1.29, 1.82) is 0 Å². The number of aliphatic carboxylic acids is 2. The van der Waals surface area contributed by atoms with Crippen molar-refractivity contribution in [3.63, 3.8) is 0 Å². The molecule has 82 valence electrons. The minimum Gasteiger partial charge on any atom is -0.550 e.